The molecule has 0 aromatic carbocycles. The molecule has 1 fully saturated rings. The van der Waals surface area contributed by atoms with E-state index in [4.69, 9.17) is 4.84 Å². The van der Waals surface area contributed by atoms with Crippen molar-refractivity contribution in [3.63, 3.8) is 0 Å². The lowest BCUT2D eigenvalue weighted by Gasteiger charge is -2.23. The topological polar surface area (TPSA) is 59.0 Å². The third-order valence-electron chi connectivity index (χ3n) is 1.96. The molecule has 1 heterocycles. The second-order valence-electron chi connectivity index (χ2n) is 3.93. The van der Waals surface area contributed by atoms with Crippen LogP contribution in [0, 0.1) is 0 Å². The monoisotopic (exact) mass is 328 g/mol. The fourth-order valence-corrected chi connectivity index (χ4v) is 3.89. The first-order chi connectivity index (χ1) is 8.83. The predicted molar refractivity (Wildman–Crippen MR) is 77.7 cm³/mol. The van der Waals surface area contributed by atoms with Crippen LogP contribution in [0.25, 0.3) is 0 Å². The van der Waals surface area contributed by atoms with Gasteiger partial charge in [0.15, 0.2) is 0 Å². The van der Waals surface area contributed by atoms with Gasteiger partial charge in [0, 0.05) is 24.3 Å². The van der Waals surface area contributed by atoms with Crippen LogP contribution in [0.3, 0.4) is 0 Å². The van der Waals surface area contributed by atoms with Gasteiger partial charge in [0.05, 0.1) is 14.1 Å². The lowest BCUT2D eigenvalue weighted by molar-refractivity contribution is -0.673. The highest BCUT2D eigenvalue weighted by Gasteiger charge is 2.35. The van der Waals surface area contributed by atoms with Crippen LogP contribution in [0.5, 0.6) is 0 Å². The number of carbonyl (C=O) groups excluding carboxylic acids is 2. The number of quaternary nitrogens is 1. The van der Waals surface area contributed by atoms with Crippen LogP contribution in [-0.2, 0) is 4.84 Å². The van der Waals surface area contributed by atoms with Gasteiger partial charge >= 0.3 is 12.3 Å². The Morgan fingerprint density at radius 3 is 2.68 bits per heavy atom. The molecule has 1 aliphatic rings. The average Bonchev–Trinajstić information content (AvgIpc) is 2.36. The summed E-state index contributed by atoms with van der Waals surface area (Å²) < 4.78 is 12.8. The summed E-state index contributed by atoms with van der Waals surface area (Å²) in [7, 11) is 4.20. The van der Waals surface area contributed by atoms with Gasteiger partial charge in [-0.15, -0.1) is 20.0 Å². The van der Waals surface area contributed by atoms with Crippen molar-refractivity contribution in [3.8, 4) is 0 Å². The standard InChI is InChI=1S/C9H15FN3O3S3/c1-12(8(10)14)19-13(2,3)9(15)16-11-7-6-17-4-5-18-7/h4-6H2,1-3H3/q+1. The molecule has 1 aliphatic heterocycles. The molecule has 19 heavy (non-hydrogen) atoms. The summed E-state index contributed by atoms with van der Waals surface area (Å²) in [5.74, 6) is 2.72. The third-order valence-corrected chi connectivity index (χ3v) is 5.28. The van der Waals surface area contributed by atoms with Crippen LogP contribution in [0.4, 0.5) is 14.0 Å². The average molecular weight is 328 g/mol. The van der Waals surface area contributed by atoms with Gasteiger partial charge in [-0.2, -0.15) is 16.6 Å². The molecule has 2 amide bonds. The van der Waals surface area contributed by atoms with E-state index in [1.807, 2.05) is 0 Å². The molecule has 0 unspecified atom stereocenters. The fraction of sp³-hybridized carbons (Fsp3) is 0.667. The normalized spacial score (nSPS) is 18.2. The maximum Gasteiger partial charge on any atom is 0.555 e. The molecule has 0 N–H and O–H groups in total. The van der Waals surface area contributed by atoms with Crippen molar-refractivity contribution < 1.29 is 22.7 Å². The van der Waals surface area contributed by atoms with Gasteiger partial charge in [-0.3, -0.25) is 4.84 Å². The number of thioether (sulfide) groups is 2. The largest absolute Gasteiger partial charge is 0.555 e. The van der Waals surface area contributed by atoms with Crippen molar-refractivity contribution in [1.29, 1.82) is 0 Å². The number of amides is 2. The molecule has 6 nitrogen and oxygen atoms in total. The van der Waals surface area contributed by atoms with E-state index in [-0.39, 0.29) is 0 Å². The Hall–Kier alpha value is -0.450. The van der Waals surface area contributed by atoms with Crippen molar-refractivity contribution in [3.05, 3.63) is 0 Å². The SMILES string of the molecule is CN(S[N+](C)(C)C(=O)ON=C1CSCCS1)C(=O)F. The highest BCUT2D eigenvalue weighted by atomic mass is 32.2. The number of hydrogen-bond donors (Lipinski definition) is 0. The summed E-state index contributed by atoms with van der Waals surface area (Å²) in [6, 6.07) is 0. The Morgan fingerprint density at radius 1 is 1.47 bits per heavy atom. The Labute approximate surface area is 123 Å². The number of rotatable bonds is 3. The Morgan fingerprint density at radius 2 is 2.16 bits per heavy atom. The van der Waals surface area contributed by atoms with Crippen LogP contribution >= 0.6 is 35.7 Å². The highest BCUT2D eigenvalue weighted by molar-refractivity contribution is 8.18. The molecule has 10 heteroatoms. The zero-order chi connectivity index (χ0) is 14.5. The van der Waals surface area contributed by atoms with Gasteiger partial charge in [-0.05, 0) is 0 Å². The Kier molecular flexibility index (Phi) is 6.43. The molecule has 0 radical (unpaired) electrons. The fourth-order valence-electron chi connectivity index (χ4n) is 1.03. The smallest absolute Gasteiger partial charge is 0.266 e. The van der Waals surface area contributed by atoms with Crippen LogP contribution in [0.15, 0.2) is 5.16 Å². The summed E-state index contributed by atoms with van der Waals surface area (Å²) in [5, 5.41) is 4.54. The van der Waals surface area contributed by atoms with Gasteiger partial charge in [-0.25, -0.2) is 9.10 Å². The number of hydrogen-bond acceptors (Lipinski definition) is 7. The molecule has 0 atom stereocenters. The second kappa shape index (κ2) is 7.36. The zero-order valence-corrected chi connectivity index (χ0v) is 13.2. The highest BCUT2D eigenvalue weighted by Crippen LogP contribution is 2.24. The molecular weight excluding hydrogens is 313 g/mol. The van der Waals surface area contributed by atoms with E-state index in [0.29, 0.717) is 12.1 Å². The number of oxime groups is 1. The summed E-state index contributed by atoms with van der Waals surface area (Å²) in [6.07, 6.45) is -2.31. The Bertz CT molecular complexity index is 384. The minimum Gasteiger partial charge on any atom is -0.266 e. The van der Waals surface area contributed by atoms with Crippen molar-refractivity contribution >= 4 is 53.0 Å². The number of halogens is 1. The van der Waals surface area contributed by atoms with Gasteiger partial charge in [0.1, 0.15) is 5.04 Å². The molecule has 1 rings (SSSR count). The molecule has 0 saturated carbocycles. The Balaban J connectivity index is 2.53. The van der Waals surface area contributed by atoms with Crippen molar-refractivity contribution in [2.75, 3.05) is 38.4 Å². The van der Waals surface area contributed by atoms with E-state index < -0.39 is 16.1 Å². The van der Waals surface area contributed by atoms with E-state index in [2.05, 4.69) is 5.16 Å². The first kappa shape index (κ1) is 16.6. The molecule has 0 spiro atoms. The lowest BCUT2D eigenvalue weighted by atomic mass is 10.8. The first-order valence-corrected chi connectivity index (χ1v) is 8.16. The van der Waals surface area contributed by atoms with E-state index in [1.54, 1.807) is 23.5 Å². The third kappa shape index (κ3) is 5.59. The van der Waals surface area contributed by atoms with Gasteiger partial charge in [0.25, 0.3) is 0 Å². The van der Waals surface area contributed by atoms with Crippen LogP contribution in [-0.4, -0.2) is 63.9 Å². The van der Waals surface area contributed by atoms with E-state index in [9.17, 15) is 14.0 Å². The van der Waals surface area contributed by atoms with E-state index in [0.717, 1.165) is 26.6 Å². The van der Waals surface area contributed by atoms with E-state index >= 15 is 0 Å². The summed E-state index contributed by atoms with van der Waals surface area (Å²) >= 11 is 3.96. The van der Waals surface area contributed by atoms with Crippen molar-refractivity contribution in [2.45, 2.75) is 0 Å². The number of nitrogens with zero attached hydrogens (tertiary/aromatic N) is 3. The predicted octanol–water partition coefficient (Wildman–Crippen LogP) is 2.58. The van der Waals surface area contributed by atoms with Crippen molar-refractivity contribution in [2.24, 2.45) is 5.16 Å². The number of carbonyl (C=O) groups is 2. The van der Waals surface area contributed by atoms with Crippen molar-refractivity contribution in [1.82, 2.24) is 4.31 Å². The lowest BCUT2D eigenvalue weighted by Crippen LogP contribution is -2.42. The minimum absolute atomic E-state index is 0.402. The van der Waals surface area contributed by atoms with Crippen LogP contribution in [0.2, 0.25) is 0 Å². The van der Waals surface area contributed by atoms with Crippen LogP contribution < -0.4 is 0 Å². The van der Waals surface area contributed by atoms with E-state index in [1.165, 1.54) is 21.1 Å². The molecule has 0 bridgehead atoms. The first-order valence-electron chi connectivity index (χ1n) is 5.29. The maximum atomic E-state index is 12.4. The molecule has 0 aromatic rings. The second-order valence-corrected chi connectivity index (χ2v) is 7.82. The molecule has 0 aromatic heterocycles. The maximum absolute atomic E-state index is 12.4. The molecule has 108 valence electrons. The zero-order valence-electron chi connectivity index (χ0n) is 10.8. The van der Waals surface area contributed by atoms with Crippen LogP contribution in [0.1, 0.15) is 0 Å². The van der Waals surface area contributed by atoms with Gasteiger partial charge < -0.3 is 0 Å². The minimum atomic E-state index is -1.63. The quantitative estimate of drug-likeness (QED) is 0.198. The van der Waals surface area contributed by atoms with Gasteiger partial charge in [-0.1, -0.05) is 5.16 Å². The molecular formula is C9H15FN3O3S3+. The molecule has 0 aliphatic carbocycles. The summed E-state index contributed by atoms with van der Waals surface area (Å²) in [4.78, 5) is 27.1. The summed E-state index contributed by atoms with van der Waals surface area (Å²) in [5.41, 5.74) is 0. The molecule has 1 saturated heterocycles. The summed E-state index contributed by atoms with van der Waals surface area (Å²) in [6.45, 7) is 0. The van der Waals surface area contributed by atoms with Gasteiger partial charge in [0.2, 0.25) is 12.1 Å².